The summed E-state index contributed by atoms with van der Waals surface area (Å²) in [6, 6.07) is 18.9. The highest BCUT2D eigenvalue weighted by Gasteiger charge is 2.13. The second kappa shape index (κ2) is 7.14. The van der Waals surface area contributed by atoms with Crippen LogP contribution in [0.15, 0.2) is 54.6 Å². The van der Waals surface area contributed by atoms with Crippen LogP contribution in [-0.2, 0) is 6.61 Å². The second-order valence-electron chi connectivity index (χ2n) is 6.77. The molecule has 1 saturated heterocycles. The van der Waals surface area contributed by atoms with Crippen LogP contribution in [0.5, 0.6) is 5.75 Å². The van der Waals surface area contributed by atoms with Gasteiger partial charge in [0.2, 0.25) is 0 Å². The highest BCUT2D eigenvalue weighted by molar-refractivity contribution is 5.88. The maximum Gasteiger partial charge on any atom is 0.130 e. The van der Waals surface area contributed by atoms with Gasteiger partial charge < -0.3 is 9.64 Å². The number of fused-ring (bicyclic) bond motifs is 1. The van der Waals surface area contributed by atoms with Crippen molar-refractivity contribution in [2.75, 3.05) is 18.0 Å². The minimum atomic E-state index is 0.497. The molecule has 0 saturated carbocycles. The van der Waals surface area contributed by atoms with Crippen molar-refractivity contribution in [3.8, 4) is 5.75 Å². The molecule has 2 heterocycles. The van der Waals surface area contributed by atoms with Gasteiger partial charge in [-0.2, -0.15) is 0 Å². The fraction of sp³-hybridized carbons (Fsp3) is 0.318. The standard InChI is InChI=1S/C22H24N2O/c1-17-14-20(24-12-5-2-6-13-24)15-19(23-17)16-25-22-11-7-9-18-8-3-4-10-21(18)22/h3-4,7-11,14-15H,2,5-6,12-13,16H2,1H3. The monoisotopic (exact) mass is 332 g/mol. The lowest BCUT2D eigenvalue weighted by Gasteiger charge is -2.29. The Kier molecular flexibility index (Phi) is 4.55. The van der Waals surface area contributed by atoms with E-state index in [0.29, 0.717) is 6.61 Å². The molecule has 1 aliphatic rings. The largest absolute Gasteiger partial charge is 0.487 e. The summed E-state index contributed by atoms with van der Waals surface area (Å²) in [7, 11) is 0. The molecule has 0 spiro atoms. The van der Waals surface area contributed by atoms with Gasteiger partial charge in [-0.3, -0.25) is 4.98 Å². The minimum absolute atomic E-state index is 0.497. The predicted molar refractivity (Wildman–Crippen MR) is 103 cm³/mol. The normalized spacial score (nSPS) is 14.7. The predicted octanol–water partition coefficient (Wildman–Crippen LogP) is 5.11. The van der Waals surface area contributed by atoms with E-state index in [1.807, 2.05) is 12.1 Å². The molecule has 2 aromatic carbocycles. The van der Waals surface area contributed by atoms with E-state index >= 15 is 0 Å². The molecule has 3 nitrogen and oxygen atoms in total. The molecule has 0 unspecified atom stereocenters. The van der Waals surface area contributed by atoms with Gasteiger partial charge in [0.15, 0.2) is 0 Å². The van der Waals surface area contributed by atoms with Crippen molar-refractivity contribution < 1.29 is 4.74 Å². The second-order valence-corrected chi connectivity index (χ2v) is 6.77. The summed E-state index contributed by atoms with van der Waals surface area (Å²) in [4.78, 5) is 7.14. The van der Waals surface area contributed by atoms with Crippen LogP contribution in [-0.4, -0.2) is 18.1 Å². The Morgan fingerprint density at radius 2 is 1.76 bits per heavy atom. The van der Waals surface area contributed by atoms with E-state index in [2.05, 4.69) is 59.3 Å². The number of nitrogens with zero attached hydrogens (tertiary/aromatic N) is 2. The maximum atomic E-state index is 6.12. The van der Waals surface area contributed by atoms with E-state index in [9.17, 15) is 0 Å². The van der Waals surface area contributed by atoms with Crippen LogP contribution in [0.25, 0.3) is 10.8 Å². The molecular weight excluding hydrogens is 308 g/mol. The molecule has 0 atom stereocenters. The molecule has 128 valence electrons. The zero-order valence-electron chi connectivity index (χ0n) is 14.7. The van der Waals surface area contributed by atoms with Gasteiger partial charge in [-0.15, -0.1) is 0 Å². The Morgan fingerprint density at radius 3 is 2.64 bits per heavy atom. The lowest BCUT2D eigenvalue weighted by molar-refractivity contribution is 0.305. The Hall–Kier alpha value is -2.55. The first kappa shape index (κ1) is 15.9. The Balaban J connectivity index is 1.55. The topological polar surface area (TPSA) is 25.4 Å². The Labute approximate surface area is 149 Å². The number of aromatic nitrogens is 1. The summed E-state index contributed by atoms with van der Waals surface area (Å²) in [6.07, 6.45) is 3.91. The molecule has 0 bridgehead atoms. The minimum Gasteiger partial charge on any atom is -0.487 e. The maximum absolute atomic E-state index is 6.12. The van der Waals surface area contributed by atoms with Gasteiger partial charge in [-0.05, 0) is 49.8 Å². The first-order valence-electron chi connectivity index (χ1n) is 9.13. The molecule has 1 aromatic heterocycles. The number of rotatable bonds is 4. The third kappa shape index (κ3) is 3.60. The van der Waals surface area contributed by atoms with E-state index < -0.39 is 0 Å². The van der Waals surface area contributed by atoms with Gasteiger partial charge in [-0.1, -0.05) is 36.4 Å². The molecule has 25 heavy (non-hydrogen) atoms. The summed E-state index contributed by atoms with van der Waals surface area (Å²) >= 11 is 0. The molecule has 0 aliphatic carbocycles. The van der Waals surface area contributed by atoms with Gasteiger partial charge >= 0.3 is 0 Å². The van der Waals surface area contributed by atoms with Gasteiger partial charge in [0.1, 0.15) is 12.4 Å². The van der Waals surface area contributed by atoms with Crippen LogP contribution in [0, 0.1) is 6.92 Å². The zero-order chi connectivity index (χ0) is 17.1. The van der Waals surface area contributed by atoms with Gasteiger partial charge in [0.05, 0.1) is 5.69 Å². The SMILES string of the molecule is Cc1cc(N2CCCCC2)cc(COc2cccc3ccccc23)n1. The molecule has 1 fully saturated rings. The van der Waals surface area contributed by atoms with Crippen LogP contribution in [0.1, 0.15) is 30.7 Å². The molecule has 3 aromatic rings. The third-order valence-electron chi connectivity index (χ3n) is 4.84. The van der Waals surface area contributed by atoms with Gasteiger partial charge in [-0.25, -0.2) is 0 Å². The molecule has 0 radical (unpaired) electrons. The van der Waals surface area contributed by atoms with E-state index in [4.69, 9.17) is 4.74 Å². The van der Waals surface area contributed by atoms with Gasteiger partial charge in [0, 0.05) is 29.9 Å². The number of anilines is 1. The van der Waals surface area contributed by atoms with Crippen molar-refractivity contribution in [2.24, 2.45) is 0 Å². The van der Waals surface area contributed by atoms with E-state index in [-0.39, 0.29) is 0 Å². The first-order valence-corrected chi connectivity index (χ1v) is 9.13. The third-order valence-corrected chi connectivity index (χ3v) is 4.84. The van der Waals surface area contributed by atoms with Crippen molar-refractivity contribution in [2.45, 2.75) is 32.8 Å². The van der Waals surface area contributed by atoms with Crippen LogP contribution < -0.4 is 9.64 Å². The zero-order valence-corrected chi connectivity index (χ0v) is 14.7. The summed E-state index contributed by atoms with van der Waals surface area (Å²) < 4.78 is 6.12. The Bertz CT molecular complexity index is 864. The quantitative estimate of drug-likeness (QED) is 0.663. The highest BCUT2D eigenvalue weighted by atomic mass is 16.5. The fourth-order valence-electron chi connectivity index (χ4n) is 3.60. The average Bonchev–Trinajstić information content (AvgIpc) is 2.66. The summed E-state index contributed by atoms with van der Waals surface area (Å²) in [6.45, 7) is 4.85. The van der Waals surface area contributed by atoms with Crippen molar-refractivity contribution in [1.29, 1.82) is 0 Å². The van der Waals surface area contributed by atoms with Crippen molar-refractivity contribution >= 4 is 16.5 Å². The number of aryl methyl sites for hydroxylation is 1. The van der Waals surface area contributed by atoms with E-state index in [0.717, 1.165) is 35.6 Å². The number of hydrogen-bond donors (Lipinski definition) is 0. The summed E-state index contributed by atoms with van der Waals surface area (Å²) in [5, 5.41) is 2.35. The lowest BCUT2D eigenvalue weighted by Crippen LogP contribution is -2.29. The summed E-state index contributed by atoms with van der Waals surface area (Å²) in [5.74, 6) is 0.918. The molecule has 0 amide bonds. The lowest BCUT2D eigenvalue weighted by atomic mass is 10.1. The van der Waals surface area contributed by atoms with E-state index in [1.165, 1.54) is 30.3 Å². The van der Waals surface area contributed by atoms with Crippen LogP contribution in [0.4, 0.5) is 5.69 Å². The van der Waals surface area contributed by atoms with Crippen LogP contribution in [0.2, 0.25) is 0 Å². The number of pyridine rings is 1. The number of piperidine rings is 1. The van der Waals surface area contributed by atoms with E-state index in [1.54, 1.807) is 0 Å². The van der Waals surface area contributed by atoms with Crippen LogP contribution in [0.3, 0.4) is 0 Å². The Morgan fingerprint density at radius 1 is 0.960 bits per heavy atom. The fourth-order valence-corrected chi connectivity index (χ4v) is 3.60. The smallest absolute Gasteiger partial charge is 0.130 e. The van der Waals surface area contributed by atoms with Crippen molar-refractivity contribution in [1.82, 2.24) is 4.98 Å². The summed E-state index contributed by atoms with van der Waals surface area (Å²) in [5.41, 5.74) is 3.33. The number of hydrogen-bond acceptors (Lipinski definition) is 3. The van der Waals surface area contributed by atoms with Crippen LogP contribution >= 0.6 is 0 Å². The molecule has 4 rings (SSSR count). The van der Waals surface area contributed by atoms with Crippen molar-refractivity contribution in [3.05, 3.63) is 66.0 Å². The number of benzene rings is 2. The first-order chi connectivity index (χ1) is 12.3. The molecule has 0 N–H and O–H groups in total. The van der Waals surface area contributed by atoms with Crippen molar-refractivity contribution in [3.63, 3.8) is 0 Å². The average molecular weight is 332 g/mol. The highest BCUT2D eigenvalue weighted by Crippen LogP contribution is 2.27. The molecule has 3 heteroatoms. The molecular formula is C22H24N2O. The number of ether oxygens (including phenoxy) is 1. The molecule has 1 aliphatic heterocycles. The van der Waals surface area contributed by atoms with Gasteiger partial charge in [0.25, 0.3) is 0 Å².